The molecule has 0 aliphatic heterocycles. The van der Waals surface area contributed by atoms with Gasteiger partial charge in [0.2, 0.25) is 0 Å². The van der Waals surface area contributed by atoms with E-state index in [2.05, 4.69) is 58.7 Å². The fraction of sp³-hybridized carbons (Fsp3) is 0.0667. The number of nitrogens with zero attached hydrogens (tertiary/aromatic N) is 4. The van der Waals surface area contributed by atoms with Gasteiger partial charge in [-0.3, -0.25) is 9.13 Å². The zero-order valence-corrected chi connectivity index (χ0v) is 19.4. The van der Waals surface area contributed by atoms with Crippen molar-refractivity contribution >= 4 is 38.9 Å². The molecular formula is C30H26N4. The highest BCUT2D eigenvalue weighted by Gasteiger charge is 2.17. The van der Waals surface area contributed by atoms with Crippen molar-refractivity contribution in [2.45, 2.75) is 13.8 Å². The first-order valence-electron chi connectivity index (χ1n) is 11.3. The monoisotopic (exact) mass is 442 g/mol. The van der Waals surface area contributed by atoms with Crippen LogP contribution < -0.4 is 0 Å². The molecule has 0 atom stereocenters. The van der Waals surface area contributed by atoms with Crippen LogP contribution in [0.3, 0.4) is 0 Å². The van der Waals surface area contributed by atoms with Crippen LogP contribution in [-0.2, 0) is 0 Å². The molecule has 0 unspecified atom stereocenters. The minimum absolute atomic E-state index is 0.833. The third kappa shape index (κ3) is 3.59. The molecule has 4 nitrogen and oxygen atoms in total. The summed E-state index contributed by atoms with van der Waals surface area (Å²) in [6, 6.07) is 26.6. The van der Waals surface area contributed by atoms with Gasteiger partial charge in [0, 0.05) is 22.5 Å². The van der Waals surface area contributed by atoms with Crippen LogP contribution in [-0.4, -0.2) is 19.1 Å². The van der Waals surface area contributed by atoms with Crippen LogP contribution in [0.25, 0.3) is 44.6 Å². The van der Waals surface area contributed by atoms with E-state index in [4.69, 9.17) is 9.97 Å². The molecular weight excluding hydrogens is 416 g/mol. The Morgan fingerprint density at radius 1 is 0.765 bits per heavy atom. The van der Waals surface area contributed by atoms with E-state index in [1.54, 1.807) is 0 Å². The van der Waals surface area contributed by atoms with Gasteiger partial charge in [0.25, 0.3) is 0 Å². The van der Waals surface area contributed by atoms with Crippen molar-refractivity contribution < 1.29 is 0 Å². The highest BCUT2D eigenvalue weighted by Crippen LogP contribution is 2.31. The second-order valence-electron chi connectivity index (χ2n) is 8.14. The van der Waals surface area contributed by atoms with E-state index in [-0.39, 0.29) is 0 Å². The summed E-state index contributed by atoms with van der Waals surface area (Å²) >= 11 is 0. The maximum absolute atomic E-state index is 4.99. The lowest BCUT2D eigenvalue weighted by Crippen LogP contribution is -2.02. The van der Waals surface area contributed by atoms with Gasteiger partial charge >= 0.3 is 0 Å². The topological polar surface area (TPSA) is 35.6 Å². The summed E-state index contributed by atoms with van der Waals surface area (Å²) in [7, 11) is 0. The maximum atomic E-state index is 4.99. The minimum atomic E-state index is 0.833. The van der Waals surface area contributed by atoms with E-state index in [1.165, 1.54) is 0 Å². The van der Waals surface area contributed by atoms with Gasteiger partial charge in [0.1, 0.15) is 11.6 Å². The summed E-state index contributed by atoms with van der Waals surface area (Å²) in [5.74, 6) is 1.68. The lowest BCUT2D eigenvalue weighted by atomic mass is 10.1. The fourth-order valence-electron chi connectivity index (χ4n) is 4.32. The first-order valence-corrected chi connectivity index (χ1v) is 11.3. The Balaban J connectivity index is 1.73. The number of fused-ring (bicyclic) bond motifs is 2. The average Bonchev–Trinajstić information content (AvgIpc) is 3.44. The fourth-order valence-corrected chi connectivity index (χ4v) is 4.32. The lowest BCUT2D eigenvalue weighted by Gasteiger charge is -2.12. The third-order valence-corrected chi connectivity index (χ3v) is 5.88. The van der Waals surface area contributed by atoms with Gasteiger partial charge in [-0.25, -0.2) is 9.97 Å². The van der Waals surface area contributed by atoms with Gasteiger partial charge in [-0.1, -0.05) is 67.8 Å². The van der Waals surface area contributed by atoms with Crippen molar-refractivity contribution in [1.29, 1.82) is 0 Å². The largest absolute Gasteiger partial charge is 0.297 e. The van der Waals surface area contributed by atoms with Gasteiger partial charge in [0.05, 0.1) is 22.1 Å². The van der Waals surface area contributed by atoms with E-state index in [0.717, 1.165) is 56.2 Å². The van der Waals surface area contributed by atoms with Gasteiger partial charge in [-0.05, 0) is 56.3 Å². The Morgan fingerprint density at radius 2 is 1.35 bits per heavy atom. The number of imidazole rings is 2. The quantitative estimate of drug-likeness (QED) is 0.255. The van der Waals surface area contributed by atoms with Crippen molar-refractivity contribution in [3.63, 3.8) is 0 Å². The van der Waals surface area contributed by atoms with Crippen molar-refractivity contribution in [3.8, 4) is 5.69 Å². The van der Waals surface area contributed by atoms with Crippen molar-refractivity contribution in [2.24, 2.45) is 0 Å². The molecule has 0 amide bonds. The molecule has 34 heavy (non-hydrogen) atoms. The Morgan fingerprint density at radius 3 is 2.00 bits per heavy atom. The summed E-state index contributed by atoms with van der Waals surface area (Å²) in [5.41, 5.74) is 7.80. The molecule has 0 aliphatic rings. The zero-order valence-electron chi connectivity index (χ0n) is 19.4. The van der Waals surface area contributed by atoms with Crippen LogP contribution in [0.4, 0.5) is 0 Å². The zero-order chi connectivity index (χ0) is 23.7. The van der Waals surface area contributed by atoms with Crippen LogP contribution in [0, 0.1) is 0 Å². The molecule has 0 bridgehead atoms. The van der Waals surface area contributed by atoms with Crippen LogP contribution in [0.15, 0.2) is 110 Å². The van der Waals surface area contributed by atoms with Gasteiger partial charge < -0.3 is 0 Å². The third-order valence-electron chi connectivity index (χ3n) is 5.88. The van der Waals surface area contributed by atoms with Crippen LogP contribution >= 0.6 is 0 Å². The number of allylic oxidation sites excluding steroid dienone is 6. The Labute approximate surface area is 199 Å². The van der Waals surface area contributed by atoms with Crippen molar-refractivity contribution in [3.05, 3.63) is 122 Å². The molecule has 2 aromatic heterocycles. The molecule has 0 aliphatic carbocycles. The normalized spacial score (nSPS) is 12.4. The highest BCUT2D eigenvalue weighted by molar-refractivity contribution is 5.91. The molecule has 0 fully saturated rings. The number of benzene rings is 3. The second kappa shape index (κ2) is 8.83. The molecule has 5 aromatic rings. The molecule has 4 heteroatoms. The summed E-state index contributed by atoms with van der Waals surface area (Å²) in [6.07, 6.45) is 6.03. The standard InChI is InChI=1S/C30H26N4/c1-5-22(29-31-25-16-10-12-18-27(25)33(29)21(3)4)20-23(6-2)30-32-26-17-11-13-19-28(26)34(30)24-14-8-7-9-15-24/h5-20H,2-3H2,1,4H3. The predicted octanol–water partition coefficient (Wildman–Crippen LogP) is 7.54. The molecule has 5 rings (SSSR count). The van der Waals surface area contributed by atoms with Gasteiger partial charge in [0.15, 0.2) is 0 Å². The summed E-state index contributed by atoms with van der Waals surface area (Å²) in [6.45, 7) is 12.4. The smallest absolute Gasteiger partial charge is 0.145 e. The van der Waals surface area contributed by atoms with Gasteiger partial charge in [-0.2, -0.15) is 0 Å². The predicted molar refractivity (Wildman–Crippen MR) is 144 cm³/mol. The van der Waals surface area contributed by atoms with E-state index in [0.29, 0.717) is 0 Å². The molecule has 0 spiro atoms. The van der Waals surface area contributed by atoms with E-state index >= 15 is 0 Å². The second-order valence-corrected chi connectivity index (χ2v) is 8.14. The van der Waals surface area contributed by atoms with E-state index < -0.39 is 0 Å². The number of aromatic nitrogens is 4. The Kier molecular flexibility index (Phi) is 5.56. The molecule has 0 saturated carbocycles. The van der Waals surface area contributed by atoms with Gasteiger partial charge in [-0.15, -0.1) is 0 Å². The number of rotatable bonds is 6. The summed E-state index contributed by atoms with van der Waals surface area (Å²) in [5, 5.41) is 0. The molecule has 0 N–H and O–H groups in total. The Hall–Kier alpha value is -4.44. The first kappa shape index (κ1) is 21.4. The highest BCUT2D eigenvalue weighted by atomic mass is 15.1. The Bertz CT molecular complexity index is 1590. The SMILES string of the molecule is C=CC(=CC(=CC)c1nc2ccccc2n1C(=C)C)c1nc2ccccc2n1-c1ccccc1. The molecule has 166 valence electrons. The van der Waals surface area contributed by atoms with Crippen molar-refractivity contribution in [2.75, 3.05) is 0 Å². The van der Waals surface area contributed by atoms with Crippen LogP contribution in [0.1, 0.15) is 25.5 Å². The molecule has 2 heterocycles. The summed E-state index contributed by atoms with van der Waals surface area (Å²) in [4.78, 5) is 9.93. The summed E-state index contributed by atoms with van der Waals surface area (Å²) < 4.78 is 4.28. The number of hydrogen-bond donors (Lipinski definition) is 0. The molecule has 0 saturated heterocycles. The number of hydrogen-bond acceptors (Lipinski definition) is 2. The lowest BCUT2D eigenvalue weighted by molar-refractivity contribution is 1.05. The van der Waals surface area contributed by atoms with E-state index in [1.807, 2.05) is 74.5 Å². The van der Waals surface area contributed by atoms with Crippen LogP contribution in [0.2, 0.25) is 0 Å². The van der Waals surface area contributed by atoms with Crippen molar-refractivity contribution in [1.82, 2.24) is 19.1 Å². The number of para-hydroxylation sites is 5. The average molecular weight is 443 g/mol. The maximum Gasteiger partial charge on any atom is 0.145 e. The first-order chi connectivity index (χ1) is 16.6. The van der Waals surface area contributed by atoms with E-state index in [9.17, 15) is 0 Å². The van der Waals surface area contributed by atoms with Crippen LogP contribution in [0.5, 0.6) is 0 Å². The minimum Gasteiger partial charge on any atom is -0.297 e. The molecule has 0 radical (unpaired) electrons. The molecule has 3 aromatic carbocycles.